The number of hydrogen-bond acceptors (Lipinski definition) is 4. The van der Waals surface area contributed by atoms with Gasteiger partial charge in [-0.25, -0.2) is 4.39 Å². The van der Waals surface area contributed by atoms with Gasteiger partial charge in [-0.05, 0) is 62.5 Å². The van der Waals surface area contributed by atoms with Gasteiger partial charge in [-0.3, -0.25) is 19.2 Å². The summed E-state index contributed by atoms with van der Waals surface area (Å²) in [5.41, 5.74) is -3.94. The number of Topliss-reactive ketones (excluding diaryl/α,β-unsaturated/α-hetero) is 3. The first-order valence-corrected chi connectivity index (χ1v) is 11.3. The van der Waals surface area contributed by atoms with Crippen LogP contribution in [0.25, 0.3) is 0 Å². The fraction of sp³-hybridized carbons (Fsp3) is 0.727. The van der Waals surface area contributed by atoms with Crippen LogP contribution in [0.15, 0.2) is 11.6 Å². The Morgan fingerprint density at radius 2 is 1.86 bits per heavy atom. The third kappa shape index (κ3) is 2.16. The van der Waals surface area contributed by atoms with Crippen molar-refractivity contribution in [2.24, 2.45) is 34.5 Å². The van der Waals surface area contributed by atoms with Crippen LogP contribution in [0.4, 0.5) is 4.39 Å². The molecular weight excluding hydrogens is 427 g/mol. The molecule has 28 heavy (non-hydrogen) atoms. The zero-order valence-electron chi connectivity index (χ0n) is 16.5. The molecule has 4 nitrogen and oxygen atoms in total. The summed E-state index contributed by atoms with van der Waals surface area (Å²) in [5.74, 6) is -3.12. The average molecular weight is 453 g/mol. The molecule has 0 amide bonds. The highest BCUT2D eigenvalue weighted by Gasteiger charge is 2.74. The molecule has 0 aromatic carbocycles. The van der Waals surface area contributed by atoms with Crippen LogP contribution >= 0.6 is 15.9 Å². The number of carbonyl (C=O) groups excluding carboxylic acids is 4. The zero-order valence-corrected chi connectivity index (χ0v) is 18.1. The van der Waals surface area contributed by atoms with Gasteiger partial charge in [-0.1, -0.05) is 22.9 Å². The number of halogens is 2. The van der Waals surface area contributed by atoms with Gasteiger partial charge in [0, 0.05) is 18.3 Å². The first kappa shape index (κ1) is 20.1. The maximum atomic E-state index is 16.9. The van der Waals surface area contributed by atoms with Crippen molar-refractivity contribution in [2.75, 3.05) is 5.33 Å². The van der Waals surface area contributed by atoms with E-state index < -0.39 is 39.9 Å². The zero-order chi connectivity index (χ0) is 20.6. The molecule has 0 bridgehead atoms. The lowest BCUT2D eigenvalue weighted by molar-refractivity contribution is -0.179. The topological polar surface area (TPSA) is 68.3 Å². The lowest BCUT2D eigenvalue weighted by Crippen LogP contribution is -2.69. The highest BCUT2D eigenvalue weighted by atomic mass is 79.9. The molecule has 0 heterocycles. The summed E-state index contributed by atoms with van der Waals surface area (Å²) in [4.78, 5) is 51.2. The average Bonchev–Trinajstić information content (AvgIpc) is 2.99. The highest BCUT2D eigenvalue weighted by molar-refractivity contribution is 9.09. The molecule has 0 saturated heterocycles. The summed E-state index contributed by atoms with van der Waals surface area (Å²) in [6.45, 7) is 5.00. The predicted octanol–water partition coefficient (Wildman–Crippen LogP) is 3.79. The van der Waals surface area contributed by atoms with E-state index in [9.17, 15) is 19.2 Å². The number of allylic oxidation sites excluding steroid dienone is 1. The SMILES string of the molecule is CC1C(=O)C=C2CC[C@H]3[C@@H]4CC[C@H](C(=O)CBr)[C@@]4(C)CC(=O)[C@]3(F)[C@@]2(C)C1=O. The van der Waals surface area contributed by atoms with Crippen molar-refractivity contribution in [3.05, 3.63) is 11.6 Å². The molecule has 0 aromatic rings. The minimum atomic E-state index is -2.29. The Bertz CT molecular complexity index is 834. The van der Waals surface area contributed by atoms with Gasteiger partial charge in [0.1, 0.15) is 5.78 Å². The van der Waals surface area contributed by atoms with Crippen molar-refractivity contribution in [3.63, 3.8) is 0 Å². The minimum absolute atomic E-state index is 0.0213. The number of hydrogen-bond donors (Lipinski definition) is 0. The van der Waals surface area contributed by atoms with Crippen LogP contribution in [0.5, 0.6) is 0 Å². The quantitative estimate of drug-likeness (QED) is 0.471. The van der Waals surface area contributed by atoms with Gasteiger partial charge in [0.05, 0.1) is 16.7 Å². The van der Waals surface area contributed by atoms with E-state index in [0.29, 0.717) is 31.3 Å². The standard InChI is InChI=1S/C22H26BrFO4/c1-11-16(25)8-12-4-5-14-13-6-7-15(17(26)10-23)20(13,2)9-18(27)22(14,24)21(12,3)19(11)28/h8,11,13-15H,4-7,9-10H2,1-3H3/t11?,13-,14-,15+,20-,21+,22-/m0/s1. The van der Waals surface area contributed by atoms with E-state index in [1.54, 1.807) is 0 Å². The molecular formula is C22H26BrFO4. The molecule has 0 aliphatic heterocycles. The summed E-state index contributed by atoms with van der Waals surface area (Å²) in [6.07, 6.45) is 3.64. The van der Waals surface area contributed by atoms with Gasteiger partial charge in [0.2, 0.25) is 0 Å². The van der Waals surface area contributed by atoms with E-state index in [2.05, 4.69) is 15.9 Å². The number of carbonyl (C=O) groups is 4. The van der Waals surface area contributed by atoms with E-state index in [1.165, 1.54) is 19.9 Å². The van der Waals surface area contributed by atoms with Gasteiger partial charge in [0.25, 0.3) is 0 Å². The molecule has 0 radical (unpaired) electrons. The first-order valence-electron chi connectivity index (χ1n) is 10.1. The van der Waals surface area contributed by atoms with Crippen molar-refractivity contribution in [1.82, 2.24) is 0 Å². The normalized spacial score (nSPS) is 47.9. The smallest absolute Gasteiger partial charge is 0.187 e. The van der Waals surface area contributed by atoms with Crippen LogP contribution in [-0.4, -0.2) is 34.1 Å². The second kappa shape index (κ2) is 6.16. The van der Waals surface area contributed by atoms with Gasteiger partial charge >= 0.3 is 0 Å². The lowest BCUT2D eigenvalue weighted by Gasteiger charge is -2.59. The summed E-state index contributed by atoms with van der Waals surface area (Å²) in [5, 5.41) is 0.238. The molecule has 0 N–H and O–H groups in total. The summed E-state index contributed by atoms with van der Waals surface area (Å²) in [7, 11) is 0. The molecule has 3 fully saturated rings. The number of rotatable bonds is 2. The summed E-state index contributed by atoms with van der Waals surface area (Å²) >= 11 is 3.24. The molecule has 7 atom stereocenters. The van der Waals surface area contributed by atoms with Crippen molar-refractivity contribution in [2.45, 2.75) is 58.5 Å². The Labute approximate surface area is 172 Å². The van der Waals surface area contributed by atoms with Crippen LogP contribution in [0.3, 0.4) is 0 Å². The summed E-state index contributed by atoms with van der Waals surface area (Å²) < 4.78 is 16.9. The van der Waals surface area contributed by atoms with Crippen LogP contribution in [0, 0.1) is 34.5 Å². The lowest BCUT2D eigenvalue weighted by atomic mass is 9.44. The van der Waals surface area contributed by atoms with Crippen molar-refractivity contribution in [3.8, 4) is 0 Å². The van der Waals surface area contributed by atoms with Crippen molar-refractivity contribution in [1.29, 1.82) is 0 Å². The Morgan fingerprint density at radius 3 is 2.50 bits per heavy atom. The maximum Gasteiger partial charge on any atom is 0.187 e. The van der Waals surface area contributed by atoms with E-state index in [0.717, 1.165) is 0 Å². The van der Waals surface area contributed by atoms with Gasteiger partial charge in [-0.15, -0.1) is 0 Å². The minimum Gasteiger partial charge on any atom is -0.298 e. The fourth-order valence-electron chi connectivity index (χ4n) is 7.02. The predicted molar refractivity (Wildman–Crippen MR) is 105 cm³/mol. The van der Waals surface area contributed by atoms with Crippen molar-refractivity contribution >= 4 is 39.1 Å². The second-order valence-electron chi connectivity index (χ2n) is 9.58. The van der Waals surface area contributed by atoms with Gasteiger partial charge < -0.3 is 0 Å². The molecule has 4 aliphatic rings. The molecule has 6 heteroatoms. The van der Waals surface area contributed by atoms with E-state index in [-0.39, 0.29) is 35.2 Å². The largest absolute Gasteiger partial charge is 0.298 e. The first-order chi connectivity index (χ1) is 13.0. The molecule has 3 saturated carbocycles. The monoisotopic (exact) mass is 452 g/mol. The molecule has 0 spiro atoms. The van der Waals surface area contributed by atoms with E-state index >= 15 is 4.39 Å². The Kier molecular flexibility index (Phi) is 4.43. The third-order valence-electron chi connectivity index (χ3n) is 8.60. The summed E-state index contributed by atoms with van der Waals surface area (Å²) in [6, 6.07) is 0. The second-order valence-corrected chi connectivity index (χ2v) is 10.1. The molecule has 4 aliphatic carbocycles. The Balaban J connectivity index is 1.83. The molecule has 0 aromatic heterocycles. The fourth-order valence-corrected chi connectivity index (χ4v) is 7.41. The number of alkyl halides is 2. The van der Waals surface area contributed by atoms with Crippen LogP contribution in [0.1, 0.15) is 52.9 Å². The van der Waals surface area contributed by atoms with E-state index in [1.807, 2.05) is 6.92 Å². The van der Waals surface area contributed by atoms with Gasteiger partial charge in [-0.2, -0.15) is 0 Å². The van der Waals surface area contributed by atoms with Gasteiger partial charge in [0.15, 0.2) is 23.0 Å². The highest BCUT2D eigenvalue weighted by Crippen LogP contribution is 2.68. The molecule has 152 valence electrons. The maximum absolute atomic E-state index is 16.9. The van der Waals surface area contributed by atoms with Crippen LogP contribution in [-0.2, 0) is 19.2 Å². The van der Waals surface area contributed by atoms with Crippen LogP contribution < -0.4 is 0 Å². The number of fused-ring (bicyclic) bond motifs is 5. The third-order valence-corrected chi connectivity index (χ3v) is 9.15. The Morgan fingerprint density at radius 1 is 1.18 bits per heavy atom. The molecule has 4 rings (SSSR count). The van der Waals surface area contributed by atoms with Crippen LogP contribution in [0.2, 0.25) is 0 Å². The Hall–Kier alpha value is -1.17. The van der Waals surface area contributed by atoms with Crippen molar-refractivity contribution < 1.29 is 23.6 Å². The van der Waals surface area contributed by atoms with E-state index in [4.69, 9.17) is 0 Å². The number of ketones is 4. The molecule has 1 unspecified atom stereocenters.